The van der Waals surface area contributed by atoms with Gasteiger partial charge in [0.15, 0.2) is 0 Å². The Labute approximate surface area is 127 Å². The van der Waals surface area contributed by atoms with Crippen molar-refractivity contribution in [3.63, 3.8) is 0 Å². The van der Waals surface area contributed by atoms with E-state index in [2.05, 4.69) is 15.9 Å². The largest absolute Gasteiger partial charge is 0.481 e. The number of halogens is 2. The van der Waals surface area contributed by atoms with E-state index in [0.717, 1.165) is 35.7 Å². The van der Waals surface area contributed by atoms with Crippen LogP contribution in [0.1, 0.15) is 50.5 Å². The fourth-order valence-electron chi connectivity index (χ4n) is 3.09. The molecule has 2 rings (SSSR count). The minimum absolute atomic E-state index is 0.311. The Bertz CT molecular complexity index is 479. The molecule has 20 heavy (non-hydrogen) atoms. The molecule has 1 N–H and O–H groups in total. The van der Waals surface area contributed by atoms with Crippen LogP contribution in [-0.2, 0) is 11.2 Å². The Kier molecular flexibility index (Phi) is 5.19. The number of hydrogen-bond donors (Lipinski definition) is 1. The van der Waals surface area contributed by atoms with Crippen LogP contribution in [-0.4, -0.2) is 11.1 Å². The molecule has 2 nitrogen and oxygen atoms in total. The van der Waals surface area contributed by atoms with Crippen molar-refractivity contribution in [2.45, 2.75) is 51.4 Å². The van der Waals surface area contributed by atoms with Gasteiger partial charge in [-0.15, -0.1) is 0 Å². The molecule has 0 saturated heterocycles. The van der Waals surface area contributed by atoms with Crippen LogP contribution < -0.4 is 0 Å². The van der Waals surface area contributed by atoms with Crippen molar-refractivity contribution in [2.75, 3.05) is 0 Å². The molecule has 0 atom stereocenters. The molecule has 1 aromatic carbocycles. The number of carbonyl (C=O) groups is 1. The van der Waals surface area contributed by atoms with Crippen molar-refractivity contribution < 1.29 is 14.3 Å². The van der Waals surface area contributed by atoms with Crippen molar-refractivity contribution in [3.05, 3.63) is 34.1 Å². The molecule has 1 saturated carbocycles. The summed E-state index contributed by atoms with van der Waals surface area (Å²) in [5, 5.41) is 9.72. The van der Waals surface area contributed by atoms with E-state index < -0.39 is 11.4 Å². The Morgan fingerprint density at radius 3 is 2.40 bits per heavy atom. The zero-order valence-corrected chi connectivity index (χ0v) is 13.1. The van der Waals surface area contributed by atoms with Crippen LogP contribution in [0, 0.1) is 11.2 Å². The van der Waals surface area contributed by atoms with Gasteiger partial charge in [-0.2, -0.15) is 0 Å². The van der Waals surface area contributed by atoms with Crippen LogP contribution in [0.4, 0.5) is 4.39 Å². The van der Waals surface area contributed by atoms with E-state index in [1.807, 2.05) is 0 Å². The quantitative estimate of drug-likeness (QED) is 0.843. The van der Waals surface area contributed by atoms with Crippen molar-refractivity contribution in [3.8, 4) is 0 Å². The van der Waals surface area contributed by atoms with Gasteiger partial charge in [0.05, 0.1) is 5.41 Å². The first-order valence-corrected chi connectivity index (χ1v) is 8.00. The van der Waals surface area contributed by atoms with Gasteiger partial charge in [-0.1, -0.05) is 48.0 Å². The molecule has 0 radical (unpaired) electrons. The number of aliphatic carboxylic acids is 1. The van der Waals surface area contributed by atoms with Gasteiger partial charge >= 0.3 is 5.97 Å². The van der Waals surface area contributed by atoms with Gasteiger partial charge in [0.1, 0.15) is 5.82 Å². The zero-order chi connectivity index (χ0) is 14.6. The molecular formula is C16H20BrFO2. The highest BCUT2D eigenvalue weighted by molar-refractivity contribution is 9.10. The smallest absolute Gasteiger partial charge is 0.309 e. The zero-order valence-electron chi connectivity index (χ0n) is 11.5. The molecule has 1 aliphatic carbocycles. The highest BCUT2D eigenvalue weighted by Crippen LogP contribution is 2.39. The van der Waals surface area contributed by atoms with E-state index in [0.29, 0.717) is 19.3 Å². The summed E-state index contributed by atoms with van der Waals surface area (Å²) in [5.41, 5.74) is 0.0180. The Hall–Kier alpha value is -0.900. The van der Waals surface area contributed by atoms with Gasteiger partial charge in [0.25, 0.3) is 0 Å². The minimum atomic E-state index is -0.740. The highest BCUT2D eigenvalue weighted by atomic mass is 79.9. The van der Waals surface area contributed by atoms with Crippen LogP contribution in [0.15, 0.2) is 22.7 Å². The lowest BCUT2D eigenvalue weighted by Gasteiger charge is -2.31. The number of rotatable bonds is 3. The maximum Gasteiger partial charge on any atom is 0.309 e. The minimum Gasteiger partial charge on any atom is -0.481 e. The molecule has 110 valence electrons. The van der Waals surface area contributed by atoms with Gasteiger partial charge in [-0.05, 0) is 43.0 Å². The van der Waals surface area contributed by atoms with Crippen LogP contribution >= 0.6 is 15.9 Å². The molecule has 0 amide bonds. The summed E-state index contributed by atoms with van der Waals surface area (Å²) < 4.78 is 14.2. The summed E-state index contributed by atoms with van der Waals surface area (Å²) in [6, 6.07) is 4.50. The van der Waals surface area contributed by atoms with E-state index in [1.54, 1.807) is 6.07 Å². The molecule has 0 spiro atoms. The molecule has 0 aromatic heterocycles. The van der Waals surface area contributed by atoms with E-state index >= 15 is 0 Å². The lowest BCUT2D eigenvalue weighted by molar-refractivity contribution is -0.150. The van der Waals surface area contributed by atoms with E-state index in [1.165, 1.54) is 18.6 Å². The first-order chi connectivity index (χ1) is 9.53. The molecule has 0 bridgehead atoms. The van der Waals surface area contributed by atoms with Gasteiger partial charge < -0.3 is 5.11 Å². The lowest BCUT2D eigenvalue weighted by atomic mass is 9.72. The fraction of sp³-hybridized carbons (Fsp3) is 0.562. The Morgan fingerprint density at radius 2 is 1.80 bits per heavy atom. The topological polar surface area (TPSA) is 37.3 Å². The third-order valence-electron chi connectivity index (χ3n) is 4.30. The number of benzene rings is 1. The average molecular weight is 343 g/mol. The molecule has 0 unspecified atom stereocenters. The van der Waals surface area contributed by atoms with Crippen LogP contribution in [0.3, 0.4) is 0 Å². The van der Waals surface area contributed by atoms with Crippen molar-refractivity contribution in [1.82, 2.24) is 0 Å². The predicted octanol–water partition coefficient (Wildman–Crippen LogP) is 4.95. The summed E-state index contributed by atoms with van der Waals surface area (Å²) in [5.74, 6) is -1.05. The first kappa shape index (κ1) is 15.5. The van der Waals surface area contributed by atoms with Gasteiger partial charge in [-0.3, -0.25) is 4.79 Å². The maximum atomic E-state index is 13.4. The third-order valence-corrected chi connectivity index (χ3v) is 5.07. The van der Waals surface area contributed by atoms with Gasteiger partial charge in [-0.25, -0.2) is 4.39 Å². The standard InChI is InChI=1S/C16H20BrFO2/c17-14-7-6-13(18)10-12(14)11-16(15(19)20)8-4-2-1-3-5-9-16/h6-7,10H,1-5,8-9,11H2,(H,19,20). The molecule has 4 heteroatoms. The number of carboxylic acids is 1. The van der Waals surface area contributed by atoms with Gasteiger partial charge in [0.2, 0.25) is 0 Å². The van der Waals surface area contributed by atoms with Crippen molar-refractivity contribution >= 4 is 21.9 Å². The molecule has 0 heterocycles. The van der Waals surface area contributed by atoms with E-state index in [9.17, 15) is 14.3 Å². The Balaban J connectivity index is 2.27. The molecule has 1 aromatic rings. The summed E-state index contributed by atoms with van der Waals surface area (Å²) >= 11 is 3.41. The lowest BCUT2D eigenvalue weighted by Crippen LogP contribution is -2.34. The van der Waals surface area contributed by atoms with E-state index in [-0.39, 0.29) is 5.82 Å². The second kappa shape index (κ2) is 6.70. The SMILES string of the molecule is O=C(O)C1(Cc2cc(F)ccc2Br)CCCCCCC1. The highest BCUT2D eigenvalue weighted by Gasteiger charge is 2.38. The van der Waals surface area contributed by atoms with Gasteiger partial charge in [0, 0.05) is 4.47 Å². The van der Waals surface area contributed by atoms with Crippen LogP contribution in [0.25, 0.3) is 0 Å². The maximum absolute atomic E-state index is 13.4. The number of hydrogen-bond acceptors (Lipinski definition) is 1. The number of carboxylic acid groups (broad SMARTS) is 1. The fourth-order valence-corrected chi connectivity index (χ4v) is 3.48. The average Bonchev–Trinajstić information content (AvgIpc) is 2.36. The second-order valence-electron chi connectivity index (χ2n) is 5.77. The molecule has 0 aliphatic heterocycles. The molecular weight excluding hydrogens is 323 g/mol. The van der Waals surface area contributed by atoms with E-state index in [4.69, 9.17) is 0 Å². The summed E-state index contributed by atoms with van der Waals surface area (Å²) in [4.78, 5) is 11.8. The monoisotopic (exact) mass is 342 g/mol. The third kappa shape index (κ3) is 3.60. The van der Waals surface area contributed by atoms with Crippen molar-refractivity contribution in [1.29, 1.82) is 0 Å². The summed E-state index contributed by atoms with van der Waals surface area (Å²) in [7, 11) is 0. The van der Waals surface area contributed by atoms with Crippen LogP contribution in [0.2, 0.25) is 0 Å². The molecule has 1 fully saturated rings. The summed E-state index contributed by atoms with van der Waals surface area (Å²) in [6.45, 7) is 0. The molecule has 1 aliphatic rings. The normalized spacial score (nSPS) is 19.1. The predicted molar refractivity (Wildman–Crippen MR) is 80.2 cm³/mol. The first-order valence-electron chi connectivity index (χ1n) is 7.21. The Morgan fingerprint density at radius 1 is 1.20 bits per heavy atom. The van der Waals surface area contributed by atoms with Crippen molar-refractivity contribution in [2.24, 2.45) is 5.41 Å². The second-order valence-corrected chi connectivity index (χ2v) is 6.62. The van der Waals surface area contributed by atoms with Crippen LogP contribution in [0.5, 0.6) is 0 Å². The summed E-state index contributed by atoms with van der Waals surface area (Å²) in [6.07, 6.45) is 7.05.